The first-order chi connectivity index (χ1) is 11.6. The molecule has 3 aromatic rings. The van der Waals surface area contributed by atoms with Gasteiger partial charge in [-0.25, -0.2) is 24.7 Å². The Morgan fingerprint density at radius 2 is 1.33 bits per heavy atom. The highest BCUT2D eigenvalue weighted by Crippen LogP contribution is 2.24. The third kappa shape index (κ3) is 3.65. The molecule has 0 aliphatic carbocycles. The zero-order valence-corrected chi connectivity index (χ0v) is 15.6. The van der Waals surface area contributed by atoms with Crippen LogP contribution in [0, 0.1) is 0 Å². The fourth-order valence-corrected chi connectivity index (χ4v) is 2.68. The van der Waals surface area contributed by atoms with Crippen LogP contribution < -0.4 is 0 Å². The summed E-state index contributed by atoms with van der Waals surface area (Å²) in [5, 5.41) is 0. The second kappa shape index (κ2) is 7.14. The average molecular weight is 450 g/mol. The SMILES string of the molecule is COC(=O)c1nc(-c2cccc(Br)n2)cc(-c2cccc(Br)n2)n1. The van der Waals surface area contributed by atoms with Crippen LogP contribution in [0.25, 0.3) is 22.8 Å². The third-order valence-corrected chi connectivity index (χ3v) is 3.93. The minimum atomic E-state index is -0.622. The summed E-state index contributed by atoms with van der Waals surface area (Å²) < 4.78 is 6.08. The van der Waals surface area contributed by atoms with Crippen LogP contribution in [0.4, 0.5) is 0 Å². The van der Waals surface area contributed by atoms with Gasteiger partial charge in [-0.1, -0.05) is 12.1 Å². The highest BCUT2D eigenvalue weighted by atomic mass is 79.9. The van der Waals surface area contributed by atoms with Crippen molar-refractivity contribution in [2.75, 3.05) is 7.11 Å². The van der Waals surface area contributed by atoms with Crippen molar-refractivity contribution in [2.24, 2.45) is 0 Å². The number of aromatic nitrogens is 4. The lowest BCUT2D eigenvalue weighted by atomic mass is 10.2. The van der Waals surface area contributed by atoms with Gasteiger partial charge in [-0.15, -0.1) is 0 Å². The van der Waals surface area contributed by atoms with Gasteiger partial charge in [0.05, 0.1) is 29.9 Å². The van der Waals surface area contributed by atoms with E-state index in [1.165, 1.54) is 7.11 Å². The Morgan fingerprint density at radius 3 is 1.75 bits per heavy atom. The van der Waals surface area contributed by atoms with E-state index in [0.29, 0.717) is 32.0 Å². The summed E-state index contributed by atoms with van der Waals surface area (Å²) >= 11 is 6.66. The van der Waals surface area contributed by atoms with Gasteiger partial charge >= 0.3 is 5.97 Å². The molecule has 0 bridgehead atoms. The fraction of sp³-hybridized carbons (Fsp3) is 0.0625. The summed E-state index contributed by atoms with van der Waals surface area (Å²) in [6, 6.07) is 12.6. The molecule has 0 aromatic carbocycles. The van der Waals surface area contributed by atoms with Gasteiger partial charge in [-0.3, -0.25) is 0 Å². The zero-order chi connectivity index (χ0) is 17.1. The standard InChI is InChI=1S/C16H10Br2N4O2/c1-24-16(23)15-21-11(9-4-2-6-13(17)19-9)8-12(22-15)10-5-3-7-14(18)20-10/h2-8H,1H3. The first-order valence-electron chi connectivity index (χ1n) is 6.80. The Hall–Kier alpha value is -2.19. The fourth-order valence-electron chi connectivity index (χ4n) is 1.99. The Balaban J connectivity index is 2.19. The van der Waals surface area contributed by atoms with Gasteiger partial charge in [0.1, 0.15) is 9.21 Å². The highest BCUT2D eigenvalue weighted by molar-refractivity contribution is 9.10. The minimum Gasteiger partial charge on any atom is -0.463 e. The number of esters is 1. The molecule has 0 saturated heterocycles. The van der Waals surface area contributed by atoms with Crippen LogP contribution in [-0.4, -0.2) is 33.0 Å². The molecular weight excluding hydrogens is 440 g/mol. The van der Waals surface area contributed by atoms with Crippen LogP contribution in [0.15, 0.2) is 51.7 Å². The molecule has 3 heterocycles. The Bertz CT molecular complexity index is 854. The van der Waals surface area contributed by atoms with Crippen LogP contribution in [-0.2, 0) is 4.74 Å². The summed E-state index contributed by atoms with van der Waals surface area (Å²) in [5.74, 6) is -0.670. The van der Waals surface area contributed by atoms with Crippen LogP contribution in [0.1, 0.15) is 10.6 Å². The maximum atomic E-state index is 11.9. The van der Waals surface area contributed by atoms with Crippen molar-refractivity contribution in [2.45, 2.75) is 0 Å². The maximum absolute atomic E-state index is 11.9. The molecule has 24 heavy (non-hydrogen) atoms. The van der Waals surface area contributed by atoms with Crippen LogP contribution >= 0.6 is 31.9 Å². The van der Waals surface area contributed by atoms with E-state index in [9.17, 15) is 4.79 Å². The van der Waals surface area contributed by atoms with Crippen molar-refractivity contribution in [1.29, 1.82) is 0 Å². The topological polar surface area (TPSA) is 77.9 Å². The highest BCUT2D eigenvalue weighted by Gasteiger charge is 2.16. The molecule has 120 valence electrons. The predicted octanol–water partition coefficient (Wildman–Crippen LogP) is 3.91. The minimum absolute atomic E-state index is 0.0476. The smallest absolute Gasteiger partial charge is 0.376 e. The van der Waals surface area contributed by atoms with Gasteiger partial charge < -0.3 is 4.74 Å². The van der Waals surface area contributed by atoms with Gasteiger partial charge in [-0.05, 0) is 62.2 Å². The van der Waals surface area contributed by atoms with Gasteiger partial charge in [-0.2, -0.15) is 0 Å². The van der Waals surface area contributed by atoms with E-state index < -0.39 is 5.97 Å². The summed E-state index contributed by atoms with van der Waals surface area (Å²) in [6.45, 7) is 0. The van der Waals surface area contributed by atoms with Crippen molar-refractivity contribution in [3.8, 4) is 22.8 Å². The van der Waals surface area contributed by atoms with E-state index >= 15 is 0 Å². The maximum Gasteiger partial charge on any atom is 0.376 e. The lowest BCUT2D eigenvalue weighted by Crippen LogP contribution is -2.09. The average Bonchev–Trinajstić information content (AvgIpc) is 2.60. The number of ether oxygens (including phenoxy) is 1. The Kier molecular flexibility index (Phi) is 4.96. The molecule has 0 aliphatic rings. The molecule has 0 aliphatic heterocycles. The van der Waals surface area contributed by atoms with Crippen molar-refractivity contribution < 1.29 is 9.53 Å². The molecule has 8 heteroatoms. The van der Waals surface area contributed by atoms with E-state index in [1.807, 2.05) is 24.3 Å². The van der Waals surface area contributed by atoms with Crippen molar-refractivity contribution >= 4 is 37.8 Å². The Labute approximate surface area is 154 Å². The molecule has 0 spiro atoms. The number of hydrogen-bond acceptors (Lipinski definition) is 6. The van der Waals surface area contributed by atoms with E-state index in [0.717, 1.165) is 0 Å². The summed E-state index contributed by atoms with van der Waals surface area (Å²) in [5.41, 5.74) is 2.22. The molecule has 0 N–H and O–H groups in total. The van der Waals surface area contributed by atoms with Gasteiger partial charge in [0.25, 0.3) is 0 Å². The molecule has 3 aromatic heterocycles. The lowest BCUT2D eigenvalue weighted by Gasteiger charge is -2.07. The molecule has 0 radical (unpaired) electrons. The Morgan fingerprint density at radius 1 is 0.833 bits per heavy atom. The summed E-state index contributed by atoms with van der Waals surface area (Å²) in [6.07, 6.45) is 0. The molecule has 6 nitrogen and oxygen atoms in total. The van der Waals surface area contributed by atoms with Crippen molar-refractivity contribution in [3.05, 3.63) is 57.5 Å². The number of pyridine rings is 2. The first kappa shape index (κ1) is 16.7. The number of rotatable bonds is 3. The third-order valence-electron chi connectivity index (χ3n) is 3.05. The van der Waals surface area contributed by atoms with Gasteiger partial charge in [0, 0.05) is 0 Å². The van der Waals surface area contributed by atoms with E-state index in [-0.39, 0.29) is 5.82 Å². The number of halogens is 2. The normalized spacial score (nSPS) is 10.5. The molecule has 0 saturated carbocycles. The second-order valence-electron chi connectivity index (χ2n) is 4.64. The van der Waals surface area contributed by atoms with Crippen LogP contribution in [0.3, 0.4) is 0 Å². The lowest BCUT2D eigenvalue weighted by molar-refractivity contribution is 0.0587. The molecule has 0 unspecified atom stereocenters. The van der Waals surface area contributed by atoms with E-state index in [1.54, 1.807) is 18.2 Å². The van der Waals surface area contributed by atoms with Gasteiger partial charge in [0.15, 0.2) is 0 Å². The quantitative estimate of drug-likeness (QED) is 0.445. The number of carbonyl (C=O) groups excluding carboxylic acids is 1. The first-order valence-corrected chi connectivity index (χ1v) is 8.38. The van der Waals surface area contributed by atoms with Crippen molar-refractivity contribution in [3.63, 3.8) is 0 Å². The number of hydrogen-bond donors (Lipinski definition) is 0. The summed E-state index contributed by atoms with van der Waals surface area (Å²) in [4.78, 5) is 29.2. The summed E-state index contributed by atoms with van der Waals surface area (Å²) in [7, 11) is 1.28. The second-order valence-corrected chi connectivity index (χ2v) is 6.27. The van der Waals surface area contributed by atoms with Crippen molar-refractivity contribution in [1.82, 2.24) is 19.9 Å². The molecule has 0 fully saturated rings. The monoisotopic (exact) mass is 448 g/mol. The zero-order valence-electron chi connectivity index (χ0n) is 12.4. The number of carbonyl (C=O) groups is 1. The number of methoxy groups -OCH3 is 1. The van der Waals surface area contributed by atoms with Gasteiger partial charge in [0.2, 0.25) is 5.82 Å². The number of nitrogens with zero attached hydrogens (tertiary/aromatic N) is 4. The molecular formula is C16H10Br2N4O2. The van der Waals surface area contributed by atoms with E-state index in [4.69, 9.17) is 4.74 Å². The molecule has 0 amide bonds. The largest absolute Gasteiger partial charge is 0.463 e. The molecule has 0 atom stereocenters. The predicted molar refractivity (Wildman–Crippen MR) is 95.2 cm³/mol. The molecule has 3 rings (SSSR count). The van der Waals surface area contributed by atoms with Crippen LogP contribution in [0.5, 0.6) is 0 Å². The van der Waals surface area contributed by atoms with E-state index in [2.05, 4.69) is 51.8 Å². The van der Waals surface area contributed by atoms with Crippen LogP contribution in [0.2, 0.25) is 0 Å².